The highest BCUT2D eigenvalue weighted by molar-refractivity contribution is 5.84. The van der Waals surface area contributed by atoms with Crippen LogP contribution in [0, 0.1) is 27.7 Å². The summed E-state index contributed by atoms with van der Waals surface area (Å²) in [7, 11) is 0. The van der Waals surface area contributed by atoms with Gasteiger partial charge in [-0.05, 0) is 55.5 Å². The minimum atomic E-state index is -1.04. The van der Waals surface area contributed by atoms with Gasteiger partial charge in [-0.3, -0.25) is 4.79 Å². The number of hydrogen-bond donors (Lipinski definition) is 2. The first kappa shape index (κ1) is 14.2. The van der Waals surface area contributed by atoms with Crippen molar-refractivity contribution in [1.82, 2.24) is 5.32 Å². The minimum Gasteiger partial charge on any atom is -0.479 e. The number of carboxylic acid groups (broad SMARTS) is 1. The summed E-state index contributed by atoms with van der Waals surface area (Å²) in [6.45, 7) is 8.98. The molecule has 1 atom stereocenters. The van der Waals surface area contributed by atoms with Gasteiger partial charge in [-0.2, -0.15) is 0 Å². The Morgan fingerprint density at radius 1 is 1.11 bits per heavy atom. The van der Waals surface area contributed by atoms with Crippen LogP contribution in [0.5, 0.6) is 0 Å². The Morgan fingerprint density at radius 2 is 1.56 bits per heavy atom. The van der Waals surface area contributed by atoms with E-state index >= 15 is 0 Å². The number of nitrogens with one attached hydrogen (secondary N) is 1. The van der Waals surface area contributed by atoms with E-state index in [4.69, 9.17) is 0 Å². The fourth-order valence-corrected chi connectivity index (χ4v) is 2.14. The van der Waals surface area contributed by atoms with Crippen molar-refractivity contribution in [3.8, 4) is 0 Å². The van der Waals surface area contributed by atoms with Crippen molar-refractivity contribution in [1.29, 1.82) is 0 Å². The van der Waals surface area contributed by atoms with Gasteiger partial charge in [-0.25, -0.2) is 4.79 Å². The number of carboxylic acids is 1. The summed E-state index contributed by atoms with van der Waals surface area (Å²) in [6.07, 6.45) is 0. The van der Waals surface area contributed by atoms with E-state index in [1.54, 1.807) is 0 Å². The molecule has 0 aromatic heterocycles. The molecule has 4 nitrogen and oxygen atoms in total. The van der Waals surface area contributed by atoms with E-state index in [0.717, 1.165) is 22.3 Å². The Kier molecular flexibility index (Phi) is 4.11. The van der Waals surface area contributed by atoms with Gasteiger partial charge in [0.25, 0.3) is 0 Å². The molecule has 4 heteroatoms. The molecule has 1 aromatic rings. The van der Waals surface area contributed by atoms with E-state index in [1.807, 2.05) is 33.8 Å². The number of aliphatic carboxylic acids is 1. The van der Waals surface area contributed by atoms with Crippen LogP contribution >= 0.6 is 0 Å². The molecule has 98 valence electrons. The van der Waals surface area contributed by atoms with E-state index in [9.17, 15) is 14.7 Å². The van der Waals surface area contributed by atoms with Gasteiger partial charge in [-0.15, -0.1) is 0 Å². The normalized spacial score (nSPS) is 12.1. The molecule has 1 unspecified atom stereocenters. The van der Waals surface area contributed by atoms with Crippen LogP contribution in [0.15, 0.2) is 6.07 Å². The van der Waals surface area contributed by atoms with Crippen molar-refractivity contribution in [2.45, 2.75) is 40.7 Å². The molecule has 0 aliphatic rings. The van der Waals surface area contributed by atoms with Gasteiger partial charge in [0.2, 0.25) is 5.91 Å². The average molecular weight is 249 g/mol. The van der Waals surface area contributed by atoms with Gasteiger partial charge in [-0.1, -0.05) is 6.07 Å². The molecule has 0 saturated carbocycles. The van der Waals surface area contributed by atoms with Crippen LogP contribution in [0.3, 0.4) is 0 Å². The van der Waals surface area contributed by atoms with E-state index in [-0.39, 0.29) is 5.91 Å². The predicted octanol–water partition coefficient (Wildman–Crippen LogP) is 2.18. The summed E-state index contributed by atoms with van der Waals surface area (Å²) in [5, 5.41) is 11.8. The number of rotatable bonds is 3. The highest BCUT2D eigenvalue weighted by atomic mass is 16.4. The van der Waals surface area contributed by atoms with Crippen molar-refractivity contribution in [3.63, 3.8) is 0 Å². The fraction of sp³-hybridized carbons (Fsp3) is 0.429. The van der Waals surface area contributed by atoms with E-state index < -0.39 is 12.0 Å². The maximum absolute atomic E-state index is 11.3. The molecule has 0 heterocycles. The van der Waals surface area contributed by atoms with Crippen LogP contribution in [0.1, 0.15) is 40.8 Å². The number of benzene rings is 1. The van der Waals surface area contributed by atoms with Crippen molar-refractivity contribution in [3.05, 3.63) is 33.9 Å². The first-order valence-electron chi connectivity index (χ1n) is 5.83. The van der Waals surface area contributed by atoms with Crippen LogP contribution in [-0.4, -0.2) is 17.0 Å². The van der Waals surface area contributed by atoms with Crippen LogP contribution < -0.4 is 5.32 Å². The number of amides is 1. The fourth-order valence-electron chi connectivity index (χ4n) is 2.14. The SMILES string of the molecule is CC(=O)NC(C(=O)O)c1c(C)c(C)cc(C)c1C. The Bertz CT molecular complexity index is 480. The van der Waals surface area contributed by atoms with Crippen LogP contribution in [-0.2, 0) is 9.59 Å². The minimum absolute atomic E-state index is 0.347. The molecule has 0 fully saturated rings. The van der Waals surface area contributed by atoms with Crippen molar-refractivity contribution >= 4 is 11.9 Å². The molecule has 0 aliphatic carbocycles. The molecule has 0 saturated heterocycles. The van der Waals surface area contributed by atoms with Crippen LogP contribution in [0.2, 0.25) is 0 Å². The number of hydrogen-bond acceptors (Lipinski definition) is 2. The third kappa shape index (κ3) is 2.70. The van der Waals surface area contributed by atoms with Crippen LogP contribution in [0.4, 0.5) is 0 Å². The molecule has 18 heavy (non-hydrogen) atoms. The lowest BCUT2D eigenvalue weighted by atomic mass is 9.89. The van der Waals surface area contributed by atoms with Gasteiger partial charge in [0.15, 0.2) is 6.04 Å². The van der Waals surface area contributed by atoms with Crippen molar-refractivity contribution in [2.75, 3.05) is 0 Å². The molecule has 0 spiro atoms. The monoisotopic (exact) mass is 249 g/mol. The topological polar surface area (TPSA) is 66.4 Å². The second-order valence-electron chi connectivity index (χ2n) is 4.65. The summed E-state index contributed by atoms with van der Waals surface area (Å²) < 4.78 is 0. The lowest BCUT2D eigenvalue weighted by molar-refractivity contribution is -0.141. The third-order valence-corrected chi connectivity index (χ3v) is 3.31. The van der Waals surface area contributed by atoms with Crippen molar-refractivity contribution < 1.29 is 14.7 Å². The Morgan fingerprint density at radius 3 is 1.89 bits per heavy atom. The lowest BCUT2D eigenvalue weighted by Gasteiger charge is -2.21. The number of carbonyl (C=O) groups is 2. The first-order valence-corrected chi connectivity index (χ1v) is 5.83. The highest BCUT2D eigenvalue weighted by Gasteiger charge is 2.25. The zero-order chi connectivity index (χ0) is 14.0. The maximum Gasteiger partial charge on any atom is 0.330 e. The smallest absolute Gasteiger partial charge is 0.330 e. The molecule has 0 bridgehead atoms. The molecular weight excluding hydrogens is 230 g/mol. The average Bonchev–Trinajstić information content (AvgIpc) is 2.24. The summed E-state index contributed by atoms with van der Waals surface area (Å²) >= 11 is 0. The van der Waals surface area contributed by atoms with Gasteiger partial charge >= 0.3 is 5.97 Å². The molecule has 0 radical (unpaired) electrons. The second-order valence-corrected chi connectivity index (χ2v) is 4.65. The summed E-state index contributed by atoms with van der Waals surface area (Å²) in [5.74, 6) is -1.39. The van der Waals surface area contributed by atoms with E-state index in [1.165, 1.54) is 6.92 Å². The highest BCUT2D eigenvalue weighted by Crippen LogP contribution is 2.27. The predicted molar refractivity (Wildman–Crippen MR) is 69.6 cm³/mol. The third-order valence-electron chi connectivity index (χ3n) is 3.31. The molecule has 0 aliphatic heterocycles. The number of aryl methyl sites for hydroxylation is 2. The summed E-state index contributed by atoms with van der Waals surface area (Å²) in [6, 6.07) is 1.04. The molecule has 1 rings (SSSR count). The van der Waals surface area contributed by atoms with Gasteiger partial charge in [0, 0.05) is 6.92 Å². The first-order chi connectivity index (χ1) is 8.25. The Balaban J connectivity index is 3.44. The zero-order valence-electron chi connectivity index (χ0n) is 11.4. The quantitative estimate of drug-likeness (QED) is 0.862. The maximum atomic E-state index is 11.3. The van der Waals surface area contributed by atoms with Crippen molar-refractivity contribution in [2.24, 2.45) is 0 Å². The standard InChI is InChI=1S/C14H19NO3/c1-7-6-8(2)10(4)12(9(7)3)13(14(17)18)15-11(5)16/h6,13H,1-5H3,(H,15,16)(H,17,18). The summed E-state index contributed by atoms with van der Waals surface area (Å²) in [5.41, 5.74) is 4.59. The van der Waals surface area contributed by atoms with E-state index in [2.05, 4.69) is 5.32 Å². The van der Waals surface area contributed by atoms with Gasteiger partial charge < -0.3 is 10.4 Å². The van der Waals surface area contributed by atoms with Crippen LogP contribution in [0.25, 0.3) is 0 Å². The molecule has 1 amide bonds. The number of carbonyl (C=O) groups excluding carboxylic acids is 1. The summed E-state index contributed by atoms with van der Waals surface area (Å²) in [4.78, 5) is 22.5. The second kappa shape index (κ2) is 5.21. The Labute approximate surface area is 107 Å². The Hall–Kier alpha value is -1.84. The molecule has 1 aromatic carbocycles. The molecule has 2 N–H and O–H groups in total. The van der Waals surface area contributed by atoms with Gasteiger partial charge in [0.05, 0.1) is 0 Å². The molecular formula is C14H19NO3. The largest absolute Gasteiger partial charge is 0.479 e. The van der Waals surface area contributed by atoms with E-state index in [0.29, 0.717) is 5.56 Å². The zero-order valence-corrected chi connectivity index (χ0v) is 11.4. The van der Waals surface area contributed by atoms with Gasteiger partial charge in [0.1, 0.15) is 0 Å². The lowest BCUT2D eigenvalue weighted by Crippen LogP contribution is -2.33.